The van der Waals surface area contributed by atoms with Crippen molar-refractivity contribution in [2.24, 2.45) is 0 Å². The molecule has 138 valence electrons. The molecule has 1 amide bonds. The van der Waals surface area contributed by atoms with Gasteiger partial charge in [0, 0.05) is 25.5 Å². The number of carboxylic acid groups (broad SMARTS) is 1. The van der Waals surface area contributed by atoms with Gasteiger partial charge in [-0.1, -0.05) is 18.2 Å². The van der Waals surface area contributed by atoms with Gasteiger partial charge in [0.05, 0.1) is 23.4 Å². The number of aromatic nitrogens is 1. The number of ether oxygens (including phenoxy) is 1. The molecule has 27 heavy (non-hydrogen) atoms. The number of hydrogen-bond acceptors (Lipinski definition) is 5. The molecule has 1 saturated heterocycles. The molecule has 0 bridgehead atoms. The lowest BCUT2D eigenvalue weighted by molar-refractivity contribution is -0.141. The summed E-state index contributed by atoms with van der Waals surface area (Å²) in [5, 5.41) is 10.2. The molecule has 7 heteroatoms. The van der Waals surface area contributed by atoms with E-state index in [1.54, 1.807) is 24.3 Å². The van der Waals surface area contributed by atoms with Crippen molar-refractivity contribution in [1.82, 2.24) is 9.88 Å². The van der Waals surface area contributed by atoms with Gasteiger partial charge in [0.1, 0.15) is 11.7 Å². The molecule has 0 aliphatic carbocycles. The minimum atomic E-state index is -1.03. The molecule has 0 radical (unpaired) electrons. The van der Waals surface area contributed by atoms with E-state index in [-0.39, 0.29) is 25.0 Å². The molecule has 1 aliphatic rings. The Morgan fingerprint density at radius 2 is 2.07 bits per heavy atom. The zero-order valence-corrected chi connectivity index (χ0v) is 14.7. The Hall–Kier alpha value is -3.19. The van der Waals surface area contributed by atoms with E-state index in [1.807, 2.05) is 18.2 Å². The molecule has 1 aromatic carbocycles. The number of pyridine rings is 1. The average molecular weight is 366 g/mol. The highest BCUT2D eigenvalue weighted by Crippen LogP contribution is 2.29. The number of likely N-dealkylation sites (tertiary alicyclic amines) is 1. The topological polar surface area (TPSA) is 92.9 Å². The highest BCUT2D eigenvalue weighted by atomic mass is 16.5. The summed E-state index contributed by atoms with van der Waals surface area (Å²) in [7, 11) is 1.52. The maximum atomic E-state index is 13.3. The van der Waals surface area contributed by atoms with Crippen molar-refractivity contribution in [2.75, 3.05) is 13.7 Å². The number of fused-ring (bicyclic) bond motifs is 1. The number of nitrogens with zero attached hydrogens (tertiary/aromatic N) is 2. The summed E-state index contributed by atoms with van der Waals surface area (Å²) in [6, 6.07) is 11.5. The third-order valence-electron chi connectivity index (χ3n) is 4.86. The van der Waals surface area contributed by atoms with Crippen molar-refractivity contribution in [2.45, 2.75) is 18.6 Å². The molecule has 7 nitrogen and oxygen atoms in total. The molecule has 2 atom stereocenters. The van der Waals surface area contributed by atoms with Crippen LogP contribution < -0.4 is 0 Å². The molecule has 0 saturated carbocycles. The lowest BCUT2D eigenvalue weighted by Crippen LogP contribution is -2.40. The van der Waals surface area contributed by atoms with Crippen LogP contribution in [0.3, 0.4) is 0 Å². The second-order valence-corrected chi connectivity index (χ2v) is 6.45. The Labute approximate surface area is 155 Å². The van der Waals surface area contributed by atoms with Gasteiger partial charge in [-0.3, -0.25) is 4.79 Å². The van der Waals surface area contributed by atoms with Gasteiger partial charge in [0.25, 0.3) is 5.91 Å². The van der Waals surface area contributed by atoms with E-state index in [1.165, 1.54) is 18.3 Å². The molecule has 1 N–H and O–H groups in total. The number of furan rings is 1. The lowest BCUT2D eigenvalue weighted by Gasteiger charge is -2.22. The van der Waals surface area contributed by atoms with Crippen LogP contribution in [-0.4, -0.2) is 52.7 Å². The number of carbonyl (C=O) groups excluding carboxylic acids is 1. The summed E-state index contributed by atoms with van der Waals surface area (Å²) in [6.07, 6.45) is 1.51. The maximum absolute atomic E-state index is 13.3. The molecule has 3 heterocycles. The van der Waals surface area contributed by atoms with Gasteiger partial charge in [0.2, 0.25) is 0 Å². The van der Waals surface area contributed by atoms with Crippen molar-refractivity contribution in [3.63, 3.8) is 0 Å². The van der Waals surface area contributed by atoms with Crippen molar-refractivity contribution in [3.8, 4) is 11.5 Å². The van der Waals surface area contributed by atoms with E-state index in [0.29, 0.717) is 27.9 Å². The summed E-state index contributed by atoms with van der Waals surface area (Å²) in [5.41, 5.74) is 1.57. The number of aliphatic carboxylic acids is 1. The Bertz CT molecular complexity index is 999. The van der Waals surface area contributed by atoms with Gasteiger partial charge >= 0.3 is 5.97 Å². The third-order valence-corrected chi connectivity index (χ3v) is 4.86. The summed E-state index contributed by atoms with van der Waals surface area (Å²) in [6.45, 7) is 0.235. The van der Waals surface area contributed by atoms with Gasteiger partial charge in [-0.2, -0.15) is 0 Å². The SMILES string of the molecule is COC1CC(C(=O)O)N(C(=O)c2cc(-c3ccco3)nc3ccccc23)C1. The van der Waals surface area contributed by atoms with Gasteiger partial charge < -0.3 is 19.2 Å². The number of amides is 1. The smallest absolute Gasteiger partial charge is 0.326 e. The third kappa shape index (κ3) is 3.06. The quantitative estimate of drug-likeness (QED) is 0.763. The first-order valence-corrected chi connectivity index (χ1v) is 8.58. The first-order valence-electron chi connectivity index (χ1n) is 8.58. The predicted molar refractivity (Wildman–Crippen MR) is 97.3 cm³/mol. The summed E-state index contributed by atoms with van der Waals surface area (Å²) >= 11 is 0. The van der Waals surface area contributed by atoms with Crippen LogP contribution in [0.25, 0.3) is 22.4 Å². The minimum Gasteiger partial charge on any atom is -0.480 e. The Balaban J connectivity index is 1.82. The number of para-hydroxylation sites is 1. The molecular formula is C20H18N2O5. The lowest BCUT2D eigenvalue weighted by atomic mass is 10.0. The summed E-state index contributed by atoms with van der Waals surface area (Å²) < 4.78 is 10.7. The minimum absolute atomic E-state index is 0.235. The number of rotatable bonds is 4. The van der Waals surface area contributed by atoms with Crippen LogP contribution in [0.1, 0.15) is 16.8 Å². The normalized spacial score (nSPS) is 19.5. The van der Waals surface area contributed by atoms with Crippen LogP contribution >= 0.6 is 0 Å². The van der Waals surface area contributed by atoms with E-state index >= 15 is 0 Å². The Kier molecular flexibility index (Phi) is 4.37. The van der Waals surface area contributed by atoms with Crippen molar-refractivity contribution in [3.05, 3.63) is 54.3 Å². The number of carboxylic acids is 1. The molecule has 1 aliphatic heterocycles. The van der Waals surface area contributed by atoms with Crippen molar-refractivity contribution in [1.29, 1.82) is 0 Å². The summed E-state index contributed by atoms with van der Waals surface area (Å²) in [4.78, 5) is 30.9. The van der Waals surface area contributed by atoms with Crippen LogP contribution in [0, 0.1) is 0 Å². The number of benzene rings is 1. The Morgan fingerprint density at radius 3 is 2.78 bits per heavy atom. The molecule has 2 unspecified atom stereocenters. The maximum Gasteiger partial charge on any atom is 0.326 e. The molecule has 2 aromatic heterocycles. The monoisotopic (exact) mass is 366 g/mol. The first kappa shape index (κ1) is 17.2. The van der Waals surface area contributed by atoms with Crippen LogP contribution in [0.4, 0.5) is 0 Å². The van der Waals surface area contributed by atoms with Crippen molar-refractivity contribution >= 4 is 22.8 Å². The second kappa shape index (κ2) is 6.85. The van der Waals surface area contributed by atoms with Crippen molar-refractivity contribution < 1.29 is 23.8 Å². The fraction of sp³-hybridized carbons (Fsp3) is 0.250. The van der Waals surface area contributed by atoms with Gasteiger partial charge in [-0.05, 0) is 24.3 Å². The molecule has 1 fully saturated rings. The van der Waals surface area contributed by atoms with E-state index < -0.39 is 12.0 Å². The van der Waals surface area contributed by atoms with Crippen LogP contribution in [0.5, 0.6) is 0 Å². The van der Waals surface area contributed by atoms with E-state index in [4.69, 9.17) is 9.15 Å². The fourth-order valence-electron chi connectivity index (χ4n) is 3.48. The van der Waals surface area contributed by atoms with E-state index in [2.05, 4.69) is 4.98 Å². The Morgan fingerprint density at radius 1 is 1.26 bits per heavy atom. The van der Waals surface area contributed by atoms with Crippen LogP contribution in [0.2, 0.25) is 0 Å². The van der Waals surface area contributed by atoms with E-state index in [0.717, 1.165) is 0 Å². The number of hydrogen-bond donors (Lipinski definition) is 1. The van der Waals surface area contributed by atoms with Gasteiger partial charge in [-0.15, -0.1) is 0 Å². The zero-order chi connectivity index (χ0) is 19.0. The molecule has 4 rings (SSSR count). The molecule has 3 aromatic rings. The summed E-state index contributed by atoms with van der Waals surface area (Å²) in [5.74, 6) is -0.846. The van der Waals surface area contributed by atoms with E-state index in [9.17, 15) is 14.7 Å². The van der Waals surface area contributed by atoms with Gasteiger partial charge in [0.15, 0.2) is 5.76 Å². The number of methoxy groups -OCH3 is 1. The van der Waals surface area contributed by atoms with Crippen LogP contribution in [0.15, 0.2) is 53.1 Å². The molecular weight excluding hydrogens is 348 g/mol. The largest absolute Gasteiger partial charge is 0.480 e. The second-order valence-electron chi connectivity index (χ2n) is 6.45. The van der Waals surface area contributed by atoms with Crippen LogP contribution in [-0.2, 0) is 9.53 Å². The highest BCUT2D eigenvalue weighted by Gasteiger charge is 2.40. The predicted octanol–water partition coefficient (Wildman–Crippen LogP) is 2.81. The van der Waals surface area contributed by atoms with Gasteiger partial charge in [-0.25, -0.2) is 9.78 Å². The highest BCUT2D eigenvalue weighted by molar-refractivity contribution is 6.08. The fourth-order valence-corrected chi connectivity index (χ4v) is 3.48. The molecule has 0 spiro atoms. The zero-order valence-electron chi connectivity index (χ0n) is 14.7. The standard InChI is InChI=1S/C20H18N2O5/c1-26-12-9-17(20(24)25)22(11-12)19(23)14-10-16(18-7-4-8-27-18)21-15-6-3-2-5-13(14)15/h2-8,10,12,17H,9,11H2,1H3,(H,24,25). The number of carbonyl (C=O) groups is 2. The average Bonchev–Trinajstić information content (AvgIpc) is 3.36. The first-order chi connectivity index (χ1) is 13.1.